The van der Waals surface area contributed by atoms with E-state index in [0.29, 0.717) is 23.6 Å². The Labute approximate surface area is 104 Å². The Hall–Kier alpha value is -0.940. The van der Waals surface area contributed by atoms with Crippen molar-refractivity contribution in [3.8, 4) is 5.75 Å². The van der Waals surface area contributed by atoms with E-state index in [1.54, 1.807) is 18.4 Å². The molecule has 0 saturated heterocycles. The quantitative estimate of drug-likeness (QED) is 0.757. The molecule has 0 aromatic heterocycles. The van der Waals surface area contributed by atoms with Crippen LogP contribution in [-0.4, -0.2) is 29.9 Å². The Morgan fingerprint density at radius 2 is 2.24 bits per heavy atom. The van der Waals surface area contributed by atoms with Gasteiger partial charge in [-0.05, 0) is 19.0 Å². The van der Waals surface area contributed by atoms with E-state index in [0.717, 1.165) is 13.0 Å². The van der Waals surface area contributed by atoms with Crippen molar-refractivity contribution in [2.75, 3.05) is 25.7 Å². The van der Waals surface area contributed by atoms with Gasteiger partial charge in [-0.25, -0.2) is 4.39 Å². The van der Waals surface area contributed by atoms with Gasteiger partial charge in [0, 0.05) is 41.0 Å². The lowest BCUT2D eigenvalue weighted by molar-refractivity contribution is 0.410. The predicted octanol–water partition coefficient (Wildman–Crippen LogP) is 1.69. The third-order valence-corrected chi connectivity index (χ3v) is 3.22. The van der Waals surface area contributed by atoms with Gasteiger partial charge in [0.1, 0.15) is 11.6 Å². The molecular weight excluding hydrogens is 241 g/mol. The lowest BCUT2D eigenvalue weighted by atomic mass is 10.2. The van der Waals surface area contributed by atoms with Crippen molar-refractivity contribution in [1.82, 2.24) is 5.32 Å². The van der Waals surface area contributed by atoms with E-state index in [2.05, 4.69) is 5.32 Å². The van der Waals surface area contributed by atoms with E-state index in [1.165, 1.54) is 13.2 Å². The van der Waals surface area contributed by atoms with Crippen molar-refractivity contribution in [2.24, 2.45) is 0 Å². The molecule has 0 fully saturated rings. The molecule has 0 aliphatic heterocycles. The summed E-state index contributed by atoms with van der Waals surface area (Å²) in [7, 11) is 0.759. The van der Waals surface area contributed by atoms with Crippen LogP contribution in [0, 0.1) is 5.82 Å². The first-order valence-corrected chi connectivity index (χ1v) is 7.19. The molecule has 0 saturated carbocycles. The SMILES string of the molecule is COc1ccc(CNCCCS(C)=O)c(F)c1. The molecule has 1 atom stereocenters. The highest BCUT2D eigenvalue weighted by atomic mass is 32.2. The normalized spacial score (nSPS) is 12.4. The molecule has 0 bridgehead atoms. The van der Waals surface area contributed by atoms with Crippen molar-refractivity contribution in [2.45, 2.75) is 13.0 Å². The number of nitrogens with one attached hydrogen (secondary N) is 1. The summed E-state index contributed by atoms with van der Waals surface area (Å²) in [5.74, 6) is 0.932. The molecule has 0 heterocycles. The summed E-state index contributed by atoms with van der Waals surface area (Å²) in [5, 5.41) is 3.12. The Morgan fingerprint density at radius 3 is 2.82 bits per heavy atom. The summed E-state index contributed by atoms with van der Waals surface area (Å²) in [4.78, 5) is 0. The first-order chi connectivity index (χ1) is 8.13. The summed E-state index contributed by atoms with van der Waals surface area (Å²) >= 11 is 0. The molecule has 1 aromatic carbocycles. The van der Waals surface area contributed by atoms with Crippen LogP contribution < -0.4 is 10.1 Å². The fraction of sp³-hybridized carbons (Fsp3) is 0.500. The lowest BCUT2D eigenvalue weighted by Crippen LogP contribution is -2.17. The number of benzene rings is 1. The zero-order valence-electron chi connectivity index (χ0n) is 10.2. The van der Waals surface area contributed by atoms with Gasteiger partial charge < -0.3 is 10.1 Å². The van der Waals surface area contributed by atoms with Gasteiger partial charge in [0.15, 0.2) is 0 Å². The fourth-order valence-electron chi connectivity index (χ4n) is 1.42. The molecule has 0 amide bonds. The smallest absolute Gasteiger partial charge is 0.131 e. The molecule has 0 aliphatic carbocycles. The largest absolute Gasteiger partial charge is 0.497 e. The summed E-state index contributed by atoms with van der Waals surface area (Å²) in [5.41, 5.74) is 0.614. The van der Waals surface area contributed by atoms with Crippen LogP contribution in [0.1, 0.15) is 12.0 Å². The van der Waals surface area contributed by atoms with E-state index in [1.807, 2.05) is 0 Å². The molecule has 0 spiro atoms. The van der Waals surface area contributed by atoms with Crippen molar-refractivity contribution in [3.63, 3.8) is 0 Å². The molecule has 1 N–H and O–H groups in total. The maximum atomic E-state index is 13.5. The number of halogens is 1. The summed E-state index contributed by atoms with van der Waals surface area (Å²) in [6.45, 7) is 1.22. The van der Waals surface area contributed by atoms with Crippen LogP contribution in [0.4, 0.5) is 4.39 Å². The van der Waals surface area contributed by atoms with Crippen LogP contribution in [0.25, 0.3) is 0 Å². The van der Waals surface area contributed by atoms with Gasteiger partial charge in [-0.2, -0.15) is 0 Å². The van der Waals surface area contributed by atoms with Crippen LogP contribution in [0.3, 0.4) is 0 Å². The minimum absolute atomic E-state index is 0.268. The minimum atomic E-state index is -0.753. The highest BCUT2D eigenvalue weighted by Crippen LogP contribution is 2.15. The van der Waals surface area contributed by atoms with Gasteiger partial charge in [-0.1, -0.05) is 6.07 Å². The highest BCUT2D eigenvalue weighted by molar-refractivity contribution is 7.84. The molecule has 1 unspecified atom stereocenters. The average Bonchev–Trinajstić information content (AvgIpc) is 2.30. The van der Waals surface area contributed by atoms with E-state index in [-0.39, 0.29) is 5.82 Å². The fourth-order valence-corrected chi connectivity index (χ4v) is 1.97. The van der Waals surface area contributed by atoms with Crippen LogP contribution in [0.15, 0.2) is 18.2 Å². The molecule has 1 aromatic rings. The monoisotopic (exact) mass is 259 g/mol. The summed E-state index contributed by atoms with van der Waals surface area (Å²) in [6.07, 6.45) is 2.52. The Balaban J connectivity index is 2.34. The van der Waals surface area contributed by atoms with Crippen LogP contribution in [0.5, 0.6) is 5.75 Å². The zero-order valence-corrected chi connectivity index (χ0v) is 11.0. The molecule has 3 nitrogen and oxygen atoms in total. The third kappa shape index (κ3) is 5.28. The van der Waals surface area contributed by atoms with Crippen molar-refractivity contribution >= 4 is 10.8 Å². The van der Waals surface area contributed by atoms with Crippen molar-refractivity contribution in [1.29, 1.82) is 0 Å². The molecule has 1 rings (SSSR count). The third-order valence-electron chi connectivity index (χ3n) is 2.36. The Kier molecular flexibility index (Phi) is 6.15. The van der Waals surface area contributed by atoms with Gasteiger partial charge in [0.2, 0.25) is 0 Å². The molecule has 5 heteroatoms. The molecule has 0 radical (unpaired) electrons. The summed E-state index contributed by atoms with van der Waals surface area (Å²) in [6, 6.07) is 4.82. The van der Waals surface area contributed by atoms with Gasteiger partial charge in [0.05, 0.1) is 7.11 Å². The Morgan fingerprint density at radius 1 is 1.47 bits per heavy atom. The number of hydrogen-bond acceptors (Lipinski definition) is 3. The van der Waals surface area contributed by atoms with Crippen molar-refractivity contribution in [3.05, 3.63) is 29.6 Å². The van der Waals surface area contributed by atoms with Crippen LogP contribution >= 0.6 is 0 Å². The molecule has 0 aliphatic rings. The number of ether oxygens (including phenoxy) is 1. The second-order valence-corrected chi connectivity index (χ2v) is 5.32. The average molecular weight is 259 g/mol. The minimum Gasteiger partial charge on any atom is -0.497 e. The number of methoxy groups -OCH3 is 1. The lowest BCUT2D eigenvalue weighted by Gasteiger charge is -2.07. The highest BCUT2D eigenvalue weighted by Gasteiger charge is 2.03. The van der Waals surface area contributed by atoms with E-state index < -0.39 is 10.8 Å². The topological polar surface area (TPSA) is 38.3 Å². The Bertz CT molecular complexity index is 385. The van der Waals surface area contributed by atoms with Crippen LogP contribution in [0.2, 0.25) is 0 Å². The zero-order chi connectivity index (χ0) is 12.7. The van der Waals surface area contributed by atoms with E-state index in [9.17, 15) is 8.60 Å². The molecule has 96 valence electrons. The van der Waals surface area contributed by atoms with Gasteiger partial charge in [0.25, 0.3) is 0 Å². The summed E-state index contributed by atoms with van der Waals surface area (Å²) < 4.78 is 29.2. The maximum Gasteiger partial charge on any atom is 0.131 e. The van der Waals surface area contributed by atoms with Crippen LogP contribution in [-0.2, 0) is 17.3 Å². The van der Waals surface area contributed by atoms with Gasteiger partial charge in [-0.15, -0.1) is 0 Å². The second kappa shape index (κ2) is 7.40. The van der Waals surface area contributed by atoms with Crippen molar-refractivity contribution < 1.29 is 13.3 Å². The van der Waals surface area contributed by atoms with Gasteiger partial charge in [-0.3, -0.25) is 4.21 Å². The number of hydrogen-bond donors (Lipinski definition) is 1. The number of rotatable bonds is 7. The first kappa shape index (κ1) is 14.1. The predicted molar refractivity (Wildman–Crippen MR) is 68.2 cm³/mol. The van der Waals surface area contributed by atoms with E-state index in [4.69, 9.17) is 4.74 Å². The molecule has 17 heavy (non-hydrogen) atoms. The first-order valence-electron chi connectivity index (χ1n) is 5.46. The van der Waals surface area contributed by atoms with Gasteiger partial charge >= 0.3 is 0 Å². The standard InChI is InChI=1S/C12H18FNO2S/c1-16-11-5-4-10(12(13)8-11)9-14-6-3-7-17(2)15/h4-5,8,14H,3,6-7,9H2,1-2H3. The van der Waals surface area contributed by atoms with E-state index >= 15 is 0 Å². The molecular formula is C12H18FNO2S. The second-order valence-electron chi connectivity index (χ2n) is 3.76. The maximum absolute atomic E-state index is 13.5.